The van der Waals surface area contributed by atoms with Gasteiger partial charge in [-0.1, -0.05) is 26.8 Å². The van der Waals surface area contributed by atoms with Crippen molar-refractivity contribution in [1.82, 2.24) is 0 Å². The maximum absolute atomic E-state index is 11.5. The molecule has 0 saturated heterocycles. The lowest BCUT2D eigenvalue weighted by Gasteiger charge is -2.05. The van der Waals surface area contributed by atoms with Gasteiger partial charge in [-0.25, -0.2) is 0 Å². The maximum Gasteiger partial charge on any atom is 0.162 e. The Kier molecular flexibility index (Phi) is 3.87. The van der Waals surface area contributed by atoms with Crippen molar-refractivity contribution in [3.63, 3.8) is 0 Å². The molecule has 1 rings (SSSR count). The van der Waals surface area contributed by atoms with Gasteiger partial charge in [0.15, 0.2) is 5.78 Å². The van der Waals surface area contributed by atoms with Crippen LogP contribution in [0.1, 0.15) is 48.7 Å². The van der Waals surface area contributed by atoms with E-state index in [0.717, 1.165) is 18.4 Å². The minimum absolute atomic E-state index is 0.245. The zero-order valence-electron chi connectivity index (χ0n) is 9.26. The lowest BCUT2D eigenvalue weighted by atomic mass is 9.99. The average Bonchev–Trinajstić information content (AvgIpc) is 2.27. The van der Waals surface area contributed by atoms with Crippen LogP contribution in [0.4, 0.5) is 0 Å². The molecule has 0 aliphatic heterocycles. The Hall–Kier alpha value is -1.11. The van der Waals surface area contributed by atoms with Crippen LogP contribution in [-0.2, 0) is 12.8 Å². The Morgan fingerprint density at radius 3 is 1.86 bits per heavy atom. The number of benzene rings is 1. The largest absolute Gasteiger partial charge is 0.294 e. The van der Waals surface area contributed by atoms with E-state index < -0.39 is 0 Å². The molecule has 0 N–H and O–H groups in total. The highest BCUT2D eigenvalue weighted by molar-refractivity contribution is 5.96. The number of aryl methyl sites for hydroxylation is 2. The standard InChI is InChI=1S/C13H18O/c1-4-10-7-11(5-2)9-12(8-10)13(14)6-3/h7-9H,4-6H2,1-3H3. The minimum atomic E-state index is 0.245. The Morgan fingerprint density at radius 1 is 1.00 bits per heavy atom. The van der Waals surface area contributed by atoms with Crippen molar-refractivity contribution in [3.05, 3.63) is 34.9 Å². The van der Waals surface area contributed by atoms with Crippen LogP contribution in [0, 0.1) is 0 Å². The third-order valence-electron chi connectivity index (χ3n) is 2.51. The van der Waals surface area contributed by atoms with Crippen LogP contribution in [0.25, 0.3) is 0 Å². The molecule has 1 nitrogen and oxygen atoms in total. The summed E-state index contributed by atoms with van der Waals surface area (Å²) in [5, 5.41) is 0. The van der Waals surface area contributed by atoms with Gasteiger partial charge in [0.25, 0.3) is 0 Å². The third-order valence-corrected chi connectivity index (χ3v) is 2.51. The van der Waals surface area contributed by atoms with Gasteiger partial charge in [-0.2, -0.15) is 0 Å². The summed E-state index contributed by atoms with van der Waals surface area (Å²) in [7, 11) is 0. The number of ketones is 1. The lowest BCUT2D eigenvalue weighted by Crippen LogP contribution is -1.99. The first-order valence-electron chi connectivity index (χ1n) is 5.37. The van der Waals surface area contributed by atoms with Crippen molar-refractivity contribution in [2.75, 3.05) is 0 Å². The van der Waals surface area contributed by atoms with E-state index >= 15 is 0 Å². The molecule has 0 fully saturated rings. The van der Waals surface area contributed by atoms with Gasteiger partial charge in [0, 0.05) is 12.0 Å². The molecule has 0 aromatic heterocycles. The normalized spacial score (nSPS) is 10.2. The van der Waals surface area contributed by atoms with Crippen LogP contribution in [0.15, 0.2) is 18.2 Å². The van der Waals surface area contributed by atoms with Crippen LogP contribution < -0.4 is 0 Å². The molecular formula is C13H18O. The highest BCUT2D eigenvalue weighted by Crippen LogP contribution is 2.13. The minimum Gasteiger partial charge on any atom is -0.294 e. The molecule has 0 aliphatic rings. The van der Waals surface area contributed by atoms with E-state index in [4.69, 9.17) is 0 Å². The van der Waals surface area contributed by atoms with E-state index in [1.165, 1.54) is 11.1 Å². The predicted octanol–water partition coefficient (Wildman–Crippen LogP) is 3.40. The third kappa shape index (κ3) is 2.44. The van der Waals surface area contributed by atoms with Crippen molar-refractivity contribution in [2.24, 2.45) is 0 Å². The number of rotatable bonds is 4. The summed E-state index contributed by atoms with van der Waals surface area (Å²) in [4.78, 5) is 11.5. The van der Waals surface area contributed by atoms with Gasteiger partial charge in [-0.3, -0.25) is 4.79 Å². The van der Waals surface area contributed by atoms with Crippen molar-refractivity contribution < 1.29 is 4.79 Å². The highest BCUT2D eigenvalue weighted by atomic mass is 16.1. The Labute approximate surface area is 86.1 Å². The fourth-order valence-electron chi connectivity index (χ4n) is 1.54. The summed E-state index contributed by atoms with van der Waals surface area (Å²) in [5.41, 5.74) is 3.41. The summed E-state index contributed by atoms with van der Waals surface area (Å²) in [6, 6.07) is 6.22. The molecule has 0 atom stereocenters. The Balaban J connectivity index is 3.10. The molecule has 0 spiro atoms. The fraction of sp³-hybridized carbons (Fsp3) is 0.462. The van der Waals surface area contributed by atoms with E-state index in [2.05, 4.69) is 19.9 Å². The van der Waals surface area contributed by atoms with Crippen LogP contribution in [0.2, 0.25) is 0 Å². The molecule has 76 valence electrons. The van der Waals surface area contributed by atoms with Crippen molar-refractivity contribution in [2.45, 2.75) is 40.0 Å². The summed E-state index contributed by atoms with van der Waals surface area (Å²) >= 11 is 0. The van der Waals surface area contributed by atoms with Gasteiger partial charge >= 0.3 is 0 Å². The van der Waals surface area contributed by atoms with Crippen LogP contribution in [0.5, 0.6) is 0 Å². The topological polar surface area (TPSA) is 17.1 Å². The quantitative estimate of drug-likeness (QED) is 0.665. The molecular weight excluding hydrogens is 172 g/mol. The molecule has 0 unspecified atom stereocenters. The van der Waals surface area contributed by atoms with Gasteiger partial charge in [-0.05, 0) is 36.1 Å². The molecule has 1 heteroatoms. The number of hydrogen-bond acceptors (Lipinski definition) is 1. The summed E-state index contributed by atoms with van der Waals surface area (Å²) in [6.45, 7) is 6.15. The first-order valence-corrected chi connectivity index (χ1v) is 5.37. The highest BCUT2D eigenvalue weighted by Gasteiger charge is 2.05. The molecule has 0 amide bonds. The lowest BCUT2D eigenvalue weighted by molar-refractivity contribution is 0.0988. The van der Waals surface area contributed by atoms with Gasteiger partial charge < -0.3 is 0 Å². The molecule has 1 aromatic carbocycles. The zero-order chi connectivity index (χ0) is 10.6. The van der Waals surface area contributed by atoms with Gasteiger partial charge in [0.05, 0.1) is 0 Å². The molecule has 1 aromatic rings. The molecule has 0 heterocycles. The second-order valence-electron chi connectivity index (χ2n) is 3.52. The number of carbonyl (C=O) groups is 1. The number of carbonyl (C=O) groups excluding carboxylic acids is 1. The molecule has 14 heavy (non-hydrogen) atoms. The Bertz CT molecular complexity index is 304. The molecule has 0 saturated carbocycles. The average molecular weight is 190 g/mol. The van der Waals surface area contributed by atoms with Crippen molar-refractivity contribution >= 4 is 5.78 Å². The zero-order valence-corrected chi connectivity index (χ0v) is 9.26. The van der Waals surface area contributed by atoms with Crippen LogP contribution in [-0.4, -0.2) is 5.78 Å². The van der Waals surface area contributed by atoms with Gasteiger partial charge in [-0.15, -0.1) is 0 Å². The molecule has 0 radical (unpaired) electrons. The van der Waals surface area contributed by atoms with Gasteiger partial charge in [0.1, 0.15) is 0 Å². The summed E-state index contributed by atoms with van der Waals surface area (Å²) in [6.07, 6.45) is 2.59. The van der Waals surface area contributed by atoms with Crippen molar-refractivity contribution in [3.8, 4) is 0 Å². The van der Waals surface area contributed by atoms with E-state index in [9.17, 15) is 4.79 Å². The predicted molar refractivity (Wildman–Crippen MR) is 59.8 cm³/mol. The monoisotopic (exact) mass is 190 g/mol. The SMILES string of the molecule is CCC(=O)c1cc(CC)cc(CC)c1. The second kappa shape index (κ2) is 4.94. The van der Waals surface area contributed by atoms with E-state index in [-0.39, 0.29) is 5.78 Å². The van der Waals surface area contributed by atoms with E-state index in [1.54, 1.807) is 0 Å². The first-order chi connectivity index (χ1) is 6.71. The van der Waals surface area contributed by atoms with Gasteiger partial charge in [0.2, 0.25) is 0 Å². The smallest absolute Gasteiger partial charge is 0.162 e. The number of Topliss-reactive ketones (excluding diaryl/α,β-unsaturated/α-hetero) is 1. The maximum atomic E-state index is 11.5. The molecule has 0 bridgehead atoms. The van der Waals surface area contributed by atoms with Crippen LogP contribution in [0.3, 0.4) is 0 Å². The van der Waals surface area contributed by atoms with E-state index in [0.29, 0.717) is 6.42 Å². The van der Waals surface area contributed by atoms with Crippen LogP contribution >= 0.6 is 0 Å². The first kappa shape index (κ1) is 11.0. The number of hydrogen-bond donors (Lipinski definition) is 0. The fourth-order valence-corrected chi connectivity index (χ4v) is 1.54. The second-order valence-corrected chi connectivity index (χ2v) is 3.52. The summed E-state index contributed by atoms with van der Waals surface area (Å²) in [5.74, 6) is 0.245. The Morgan fingerprint density at radius 2 is 1.50 bits per heavy atom. The van der Waals surface area contributed by atoms with Crippen molar-refractivity contribution in [1.29, 1.82) is 0 Å². The van der Waals surface area contributed by atoms with E-state index in [1.807, 2.05) is 19.1 Å². The summed E-state index contributed by atoms with van der Waals surface area (Å²) < 4.78 is 0. The molecule has 0 aliphatic carbocycles.